The van der Waals surface area contributed by atoms with Gasteiger partial charge in [-0.3, -0.25) is 0 Å². The number of hydrogen-bond donors (Lipinski definition) is 1. The minimum atomic E-state index is 0.629. The van der Waals surface area contributed by atoms with Crippen LogP contribution in [0.15, 0.2) is 72.9 Å². The van der Waals surface area contributed by atoms with Crippen molar-refractivity contribution < 1.29 is 14.2 Å². The fourth-order valence-corrected chi connectivity index (χ4v) is 3.74. The number of nitrogens with one attached hydrogen (secondary N) is 1. The van der Waals surface area contributed by atoms with Crippen LogP contribution in [0.4, 0.5) is 0 Å². The van der Waals surface area contributed by atoms with Gasteiger partial charge in [-0.15, -0.1) is 0 Å². The Balaban J connectivity index is 1.76. The number of rotatable bonds is 9. The number of likely N-dealkylation sites (N-methyl/N-ethyl adjacent to an activating group) is 1. The minimum absolute atomic E-state index is 0.629. The molecule has 0 radical (unpaired) electrons. The molecule has 0 saturated heterocycles. The predicted octanol–water partition coefficient (Wildman–Crippen LogP) is 4.97. The van der Waals surface area contributed by atoms with Gasteiger partial charge < -0.3 is 24.1 Å². The first kappa shape index (κ1) is 20.8. The van der Waals surface area contributed by atoms with Crippen molar-refractivity contribution in [3.8, 4) is 28.4 Å². The summed E-state index contributed by atoms with van der Waals surface area (Å²) in [7, 11) is 5.30. The van der Waals surface area contributed by atoms with Crippen molar-refractivity contribution >= 4 is 10.9 Å². The van der Waals surface area contributed by atoms with Gasteiger partial charge in [-0.2, -0.15) is 0 Å². The normalized spacial score (nSPS) is 10.9. The van der Waals surface area contributed by atoms with E-state index >= 15 is 0 Å². The maximum Gasteiger partial charge on any atom is 0.120 e. The summed E-state index contributed by atoms with van der Waals surface area (Å²) < 4.78 is 18.9. The summed E-state index contributed by atoms with van der Waals surface area (Å²) in [5, 5.41) is 4.27. The smallest absolute Gasteiger partial charge is 0.120 e. The molecule has 4 rings (SSSR count). The molecular weight excluding hydrogens is 388 g/mol. The van der Waals surface area contributed by atoms with Crippen molar-refractivity contribution in [2.24, 2.45) is 0 Å². The highest BCUT2D eigenvalue weighted by Gasteiger charge is 2.13. The molecule has 0 aliphatic carbocycles. The molecule has 5 heteroatoms. The zero-order chi connectivity index (χ0) is 21.6. The second-order valence-electron chi connectivity index (χ2n) is 7.38. The molecule has 3 aromatic carbocycles. The van der Waals surface area contributed by atoms with Gasteiger partial charge in [-0.05, 0) is 60.6 Å². The number of methoxy groups -OCH3 is 2. The van der Waals surface area contributed by atoms with Crippen molar-refractivity contribution in [2.45, 2.75) is 6.54 Å². The summed E-state index contributed by atoms with van der Waals surface area (Å²) in [6.45, 7) is 2.19. The summed E-state index contributed by atoms with van der Waals surface area (Å²) in [5.41, 5.74) is 4.66. The predicted molar refractivity (Wildman–Crippen MR) is 125 cm³/mol. The van der Waals surface area contributed by atoms with Gasteiger partial charge in [0, 0.05) is 35.8 Å². The molecule has 0 aliphatic rings. The van der Waals surface area contributed by atoms with Gasteiger partial charge in [0.25, 0.3) is 0 Å². The Morgan fingerprint density at radius 3 is 2.35 bits per heavy atom. The second kappa shape index (κ2) is 9.58. The average molecular weight is 417 g/mol. The van der Waals surface area contributed by atoms with Crippen LogP contribution in [0.25, 0.3) is 22.0 Å². The highest BCUT2D eigenvalue weighted by Crippen LogP contribution is 2.34. The molecule has 1 aromatic heterocycles. The zero-order valence-electron chi connectivity index (χ0n) is 18.2. The Morgan fingerprint density at radius 2 is 1.61 bits per heavy atom. The third-order valence-electron chi connectivity index (χ3n) is 5.36. The van der Waals surface area contributed by atoms with Gasteiger partial charge in [0.15, 0.2) is 0 Å². The number of aromatic nitrogens is 1. The maximum absolute atomic E-state index is 5.93. The van der Waals surface area contributed by atoms with Crippen LogP contribution >= 0.6 is 0 Å². The lowest BCUT2D eigenvalue weighted by Gasteiger charge is -2.09. The molecule has 0 fully saturated rings. The quantitative estimate of drug-likeness (QED) is 0.391. The van der Waals surface area contributed by atoms with E-state index in [4.69, 9.17) is 14.2 Å². The lowest BCUT2D eigenvalue weighted by Crippen LogP contribution is -2.15. The Hall–Kier alpha value is -3.44. The largest absolute Gasteiger partial charge is 0.497 e. The van der Waals surface area contributed by atoms with Crippen LogP contribution in [0.5, 0.6) is 17.2 Å². The second-order valence-corrected chi connectivity index (χ2v) is 7.38. The molecule has 4 aromatic rings. The molecule has 1 N–H and O–H groups in total. The highest BCUT2D eigenvalue weighted by molar-refractivity contribution is 5.97. The van der Waals surface area contributed by atoms with Crippen molar-refractivity contribution in [2.75, 3.05) is 34.4 Å². The topological polar surface area (TPSA) is 44.7 Å². The number of fused-ring (bicyclic) bond motifs is 1. The third-order valence-corrected chi connectivity index (χ3v) is 5.36. The van der Waals surface area contributed by atoms with E-state index < -0.39 is 0 Å². The lowest BCUT2D eigenvalue weighted by molar-refractivity contribution is 0.319. The Bertz CT molecular complexity index is 1150. The van der Waals surface area contributed by atoms with Crippen molar-refractivity contribution in [1.82, 2.24) is 9.88 Å². The first-order chi connectivity index (χ1) is 15.2. The molecule has 0 spiro atoms. The van der Waals surface area contributed by atoms with Crippen LogP contribution in [0.3, 0.4) is 0 Å². The Morgan fingerprint density at radius 1 is 0.839 bits per heavy atom. The molecule has 31 heavy (non-hydrogen) atoms. The highest BCUT2D eigenvalue weighted by atomic mass is 16.5. The van der Waals surface area contributed by atoms with Crippen LogP contribution in [-0.2, 0) is 6.54 Å². The van der Waals surface area contributed by atoms with E-state index in [1.807, 2.05) is 37.4 Å². The van der Waals surface area contributed by atoms with Crippen LogP contribution in [-0.4, -0.2) is 39.0 Å². The van der Waals surface area contributed by atoms with E-state index in [1.165, 1.54) is 11.1 Å². The average Bonchev–Trinajstić information content (AvgIpc) is 3.17. The van der Waals surface area contributed by atoms with E-state index in [1.54, 1.807) is 14.2 Å². The zero-order valence-corrected chi connectivity index (χ0v) is 18.2. The Labute approximate surface area is 183 Å². The molecule has 0 atom stereocenters. The number of ether oxygens (including phenoxy) is 3. The minimum Gasteiger partial charge on any atom is -0.497 e. The van der Waals surface area contributed by atoms with Gasteiger partial charge in [-0.25, -0.2) is 0 Å². The first-order valence-electron chi connectivity index (χ1n) is 10.4. The molecule has 0 bridgehead atoms. The molecular formula is C26H28N2O3. The molecule has 0 amide bonds. The summed E-state index contributed by atoms with van der Waals surface area (Å²) in [5.74, 6) is 2.58. The van der Waals surface area contributed by atoms with Crippen molar-refractivity contribution in [3.63, 3.8) is 0 Å². The van der Waals surface area contributed by atoms with Gasteiger partial charge >= 0.3 is 0 Å². The van der Waals surface area contributed by atoms with E-state index in [2.05, 4.69) is 52.5 Å². The maximum atomic E-state index is 5.93. The lowest BCUT2D eigenvalue weighted by atomic mass is 10.0. The summed E-state index contributed by atoms with van der Waals surface area (Å²) in [6.07, 6.45) is 2.21. The summed E-state index contributed by atoms with van der Waals surface area (Å²) >= 11 is 0. The summed E-state index contributed by atoms with van der Waals surface area (Å²) in [6, 6.07) is 22.7. The third kappa shape index (κ3) is 4.67. The number of nitrogens with zero attached hydrogens (tertiary/aromatic N) is 1. The van der Waals surface area contributed by atoms with E-state index in [0.717, 1.165) is 46.8 Å². The van der Waals surface area contributed by atoms with Gasteiger partial charge in [0.2, 0.25) is 0 Å². The Kier molecular flexibility index (Phi) is 6.43. The van der Waals surface area contributed by atoms with E-state index in [-0.39, 0.29) is 0 Å². The fraction of sp³-hybridized carbons (Fsp3) is 0.231. The standard InChI is InChI=1S/C26H28N2O3/c1-27-13-14-31-23-11-12-26-24(16-23)25(20-7-9-21(29-2)10-8-20)18-28(26)17-19-5-4-6-22(15-19)30-3/h4-12,15-16,18,27H,13-14,17H2,1-3H3. The van der Waals surface area contributed by atoms with Crippen LogP contribution < -0.4 is 19.5 Å². The van der Waals surface area contributed by atoms with Crippen molar-refractivity contribution in [1.29, 1.82) is 0 Å². The molecule has 0 saturated carbocycles. The van der Waals surface area contributed by atoms with Gasteiger partial charge in [0.1, 0.15) is 23.9 Å². The van der Waals surface area contributed by atoms with Gasteiger partial charge in [0.05, 0.1) is 14.2 Å². The molecule has 0 aliphatic heterocycles. The van der Waals surface area contributed by atoms with Crippen LogP contribution in [0.2, 0.25) is 0 Å². The van der Waals surface area contributed by atoms with Gasteiger partial charge in [-0.1, -0.05) is 24.3 Å². The molecule has 0 unspecified atom stereocenters. The first-order valence-corrected chi connectivity index (χ1v) is 10.4. The SMILES string of the molecule is CNCCOc1ccc2c(c1)c(-c1ccc(OC)cc1)cn2Cc1cccc(OC)c1. The fourth-order valence-electron chi connectivity index (χ4n) is 3.74. The van der Waals surface area contributed by atoms with Crippen LogP contribution in [0.1, 0.15) is 5.56 Å². The number of hydrogen-bond acceptors (Lipinski definition) is 4. The van der Waals surface area contributed by atoms with Crippen LogP contribution in [0, 0.1) is 0 Å². The van der Waals surface area contributed by atoms with Crippen molar-refractivity contribution in [3.05, 3.63) is 78.5 Å². The van der Waals surface area contributed by atoms with E-state index in [9.17, 15) is 0 Å². The number of benzene rings is 3. The molecule has 160 valence electrons. The monoisotopic (exact) mass is 416 g/mol. The summed E-state index contributed by atoms with van der Waals surface area (Å²) in [4.78, 5) is 0. The molecule has 1 heterocycles. The molecule has 5 nitrogen and oxygen atoms in total. The van der Waals surface area contributed by atoms with E-state index in [0.29, 0.717) is 6.61 Å².